The van der Waals surface area contributed by atoms with Gasteiger partial charge in [0.1, 0.15) is 36.1 Å². The van der Waals surface area contributed by atoms with Crippen molar-refractivity contribution >= 4 is 17.4 Å². The number of fused-ring (bicyclic) bond motifs is 1. The van der Waals surface area contributed by atoms with Gasteiger partial charge >= 0.3 is 5.97 Å². The molecule has 2 heterocycles. The molecule has 1 aromatic carbocycles. The van der Waals surface area contributed by atoms with E-state index in [1.165, 1.54) is 6.07 Å². The molecule has 0 atom stereocenters. The van der Waals surface area contributed by atoms with Gasteiger partial charge in [0.05, 0.1) is 11.3 Å². The maximum absolute atomic E-state index is 14.0. The van der Waals surface area contributed by atoms with Crippen molar-refractivity contribution in [2.75, 3.05) is 13.2 Å². The van der Waals surface area contributed by atoms with Gasteiger partial charge in [0, 0.05) is 19.2 Å². The first-order valence-electron chi connectivity index (χ1n) is 11.3. The van der Waals surface area contributed by atoms with Gasteiger partial charge < -0.3 is 14.2 Å². The molecule has 0 aliphatic carbocycles. The largest absolute Gasteiger partial charge is 0.485 e. The number of rotatable bonds is 10. The fraction of sp³-hybridized carbons (Fsp3) is 0.423. The summed E-state index contributed by atoms with van der Waals surface area (Å²) in [5.74, 6) is -1.71. The second-order valence-electron chi connectivity index (χ2n) is 9.28. The number of pyridine rings is 1. The van der Waals surface area contributed by atoms with Gasteiger partial charge in [0.2, 0.25) is 5.78 Å². The highest BCUT2D eigenvalue weighted by molar-refractivity contribution is 5.97. The zero-order chi connectivity index (χ0) is 25.8. The molecule has 0 aliphatic rings. The number of benzene rings is 1. The summed E-state index contributed by atoms with van der Waals surface area (Å²) in [4.78, 5) is 29.1. The fourth-order valence-corrected chi connectivity index (χ4v) is 3.56. The summed E-state index contributed by atoms with van der Waals surface area (Å²) < 4.78 is 46.0. The van der Waals surface area contributed by atoms with Crippen LogP contribution in [-0.4, -0.2) is 40.0 Å². The summed E-state index contributed by atoms with van der Waals surface area (Å²) in [7, 11) is 0. The van der Waals surface area contributed by atoms with Crippen LogP contribution in [0, 0.1) is 25.5 Å². The van der Waals surface area contributed by atoms with E-state index in [0.717, 1.165) is 17.7 Å². The predicted molar refractivity (Wildman–Crippen MR) is 126 cm³/mol. The highest BCUT2D eigenvalue weighted by Gasteiger charge is 2.21. The zero-order valence-electron chi connectivity index (χ0n) is 20.6. The number of aromatic nitrogens is 2. The molecule has 0 radical (unpaired) electrons. The van der Waals surface area contributed by atoms with E-state index in [1.54, 1.807) is 44.4 Å². The van der Waals surface area contributed by atoms with Crippen LogP contribution in [0.25, 0.3) is 5.65 Å². The summed E-state index contributed by atoms with van der Waals surface area (Å²) in [6.07, 6.45) is 2.36. The average Bonchev–Trinajstić information content (AvgIpc) is 3.07. The lowest BCUT2D eigenvalue weighted by molar-refractivity contribution is -0.155. The summed E-state index contributed by atoms with van der Waals surface area (Å²) in [6, 6.07) is 5.31. The number of halogens is 2. The molecule has 0 unspecified atom stereocenters. The Morgan fingerprint density at radius 3 is 2.46 bits per heavy atom. The van der Waals surface area contributed by atoms with E-state index in [-0.39, 0.29) is 43.6 Å². The van der Waals surface area contributed by atoms with Crippen molar-refractivity contribution in [1.82, 2.24) is 9.38 Å². The highest BCUT2D eigenvalue weighted by Crippen LogP contribution is 2.26. The molecule has 0 amide bonds. The van der Waals surface area contributed by atoms with Gasteiger partial charge in [-0.05, 0) is 64.8 Å². The van der Waals surface area contributed by atoms with Crippen LogP contribution in [0.1, 0.15) is 60.9 Å². The van der Waals surface area contributed by atoms with Crippen molar-refractivity contribution in [2.45, 2.75) is 59.7 Å². The Hall–Kier alpha value is -3.33. The summed E-state index contributed by atoms with van der Waals surface area (Å²) in [5, 5.41) is 0. The van der Waals surface area contributed by atoms with Gasteiger partial charge in [0.15, 0.2) is 11.4 Å². The maximum atomic E-state index is 14.0. The molecule has 3 rings (SSSR count). The van der Waals surface area contributed by atoms with Gasteiger partial charge in [0.25, 0.3) is 0 Å². The van der Waals surface area contributed by atoms with E-state index < -0.39 is 17.2 Å². The van der Waals surface area contributed by atoms with Crippen molar-refractivity contribution in [3.05, 3.63) is 64.6 Å². The number of carbonyl (C=O) groups excluding carboxylic acids is 2. The third kappa shape index (κ3) is 6.85. The third-order valence-corrected chi connectivity index (χ3v) is 5.02. The second-order valence-corrected chi connectivity index (χ2v) is 9.28. The standard InChI is InChI=1S/C26H30F2N2O5/c1-16-12-22(34-14-18-19(27)8-6-9-20(18)28)25-29-17(2)24(30(25)13-16)21(31)15-33-11-7-10-23(32)35-26(3,4)5/h6,8-9,12-13H,7,10-11,14-15H2,1-5H3. The van der Waals surface area contributed by atoms with E-state index in [1.807, 2.05) is 6.92 Å². The first-order valence-corrected chi connectivity index (χ1v) is 11.3. The Morgan fingerprint density at radius 2 is 1.80 bits per heavy atom. The fourth-order valence-electron chi connectivity index (χ4n) is 3.56. The summed E-state index contributed by atoms with van der Waals surface area (Å²) in [5.41, 5.74) is 1.20. The van der Waals surface area contributed by atoms with Crippen molar-refractivity contribution < 1.29 is 32.6 Å². The minimum Gasteiger partial charge on any atom is -0.485 e. The smallest absolute Gasteiger partial charge is 0.306 e. The molecular weight excluding hydrogens is 458 g/mol. The van der Waals surface area contributed by atoms with E-state index in [2.05, 4.69) is 4.98 Å². The first-order chi connectivity index (χ1) is 16.5. The highest BCUT2D eigenvalue weighted by atomic mass is 19.1. The Balaban J connectivity index is 1.67. The molecule has 188 valence electrons. The van der Waals surface area contributed by atoms with Crippen LogP contribution < -0.4 is 4.74 Å². The van der Waals surface area contributed by atoms with Crippen LogP contribution in [0.5, 0.6) is 5.75 Å². The van der Waals surface area contributed by atoms with Crippen LogP contribution in [0.15, 0.2) is 30.5 Å². The van der Waals surface area contributed by atoms with Crippen LogP contribution in [0.4, 0.5) is 8.78 Å². The van der Waals surface area contributed by atoms with Crippen LogP contribution in [0.3, 0.4) is 0 Å². The number of aryl methyl sites for hydroxylation is 2. The number of ketones is 1. The lowest BCUT2D eigenvalue weighted by atomic mass is 10.2. The first kappa shape index (κ1) is 26.3. The van der Waals surface area contributed by atoms with Crippen LogP contribution in [-0.2, 0) is 20.9 Å². The molecule has 0 spiro atoms. The van der Waals surface area contributed by atoms with E-state index in [0.29, 0.717) is 29.2 Å². The topological polar surface area (TPSA) is 79.1 Å². The number of Topliss-reactive ketones (excluding diaryl/α,β-unsaturated/α-hetero) is 1. The van der Waals surface area contributed by atoms with Gasteiger partial charge in [-0.25, -0.2) is 13.8 Å². The molecule has 7 nitrogen and oxygen atoms in total. The van der Waals surface area contributed by atoms with Gasteiger partial charge in [-0.15, -0.1) is 0 Å². The lowest BCUT2D eigenvalue weighted by Crippen LogP contribution is -2.24. The van der Waals surface area contributed by atoms with Crippen molar-refractivity contribution in [1.29, 1.82) is 0 Å². The van der Waals surface area contributed by atoms with Gasteiger partial charge in [-0.1, -0.05) is 6.07 Å². The second kappa shape index (κ2) is 10.9. The number of imidazole rings is 1. The van der Waals surface area contributed by atoms with Crippen molar-refractivity contribution in [3.63, 3.8) is 0 Å². The summed E-state index contributed by atoms with van der Waals surface area (Å²) in [6.45, 7) is 8.62. The van der Waals surface area contributed by atoms with Crippen molar-refractivity contribution in [2.24, 2.45) is 0 Å². The molecule has 0 N–H and O–H groups in total. The number of hydrogen-bond donors (Lipinski definition) is 0. The molecule has 35 heavy (non-hydrogen) atoms. The van der Waals surface area contributed by atoms with E-state index in [9.17, 15) is 18.4 Å². The molecular formula is C26H30F2N2O5. The Morgan fingerprint density at radius 1 is 1.11 bits per heavy atom. The number of carbonyl (C=O) groups is 2. The number of nitrogens with zero attached hydrogens (tertiary/aromatic N) is 2. The minimum atomic E-state index is -0.701. The molecule has 0 saturated carbocycles. The number of hydrogen-bond acceptors (Lipinski definition) is 6. The molecule has 0 aliphatic heterocycles. The van der Waals surface area contributed by atoms with E-state index in [4.69, 9.17) is 14.2 Å². The molecule has 0 fully saturated rings. The number of ether oxygens (including phenoxy) is 3. The Labute approximate surface area is 203 Å². The monoisotopic (exact) mass is 488 g/mol. The quantitative estimate of drug-likeness (QED) is 0.224. The normalized spacial score (nSPS) is 11.6. The van der Waals surface area contributed by atoms with Gasteiger partial charge in [-0.3, -0.25) is 14.0 Å². The molecule has 2 aromatic heterocycles. The molecule has 0 saturated heterocycles. The Bertz CT molecular complexity index is 1210. The van der Waals surface area contributed by atoms with Crippen molar-refractivity contribution in [3.8, 4) is 5.75 Å². The lowest BCUT2D eigenvalue weighted by Gasteiger charge is -2.19. The maximum Gasteiger partial charge on any atom is 0.306 e. The minimum absolute atomic E-state index is 0.187. The SMILES string of the molecule is Cc1cc(OCc2c(F)cccc2F)c2nc(C)c(C(=O)COCCCC(=O)OC(C)(C)C)n2c1. The van der Waals surface area contributed by atoms with Crippen LogP contribution in [0.2, 0.25) is 0 Å². The van der Waals surface area contributed by atoms with Crippen LogP contribution >= 0.6 is 0 Å². The van der Waals surface area contributed by atoms with E-state index >= 15 is 0 Å². The Kier molecular flexibility index (Phi) is 8.22. The molecule has 3 aromatic rings. The zero-order valence-corrected chi connectivity index (χ0v) is 20.6. The summed E-state index contributed by atoms with van der Waals surface area (Å²) >= 11 is 0. The molecule has 0 bridgehead atoms. The van der Waals surface area contributed by atoms with Gasteiger partial charge in [-0.2, -0.15) is 0 Å². The number of esters is 1. The predicted octanol–water partition coefficient (Wildman–Crippen LogP) is 5.13. The third-order valence-electron chi connectivity index (χ3n) is 5.02. The average molecular weight is 489 g/mol. The molecule has 9 heteroatoms.